The molecule has 0 bridgehead atoms. The van der Waals surface area contributed by atoms with Crippen molar-refractivity contribution >= 4 is 22.9 Å². The van der Waals surface area contributed by atoms with Crippen LogP contribution >= 0.6 is 11.6 Å². The van der Waals surface area contributed by atoms with Gasteiger partial charge < -0.3 is 0 Å². The van der Waals surface area contributed by atoms with Gasteiger partial charge in [-0.3, -0.25) is 0 Å². The van der Waals surface area contributed by atoms with Crippen LogP contribution in [0.5, 0.6) is 0 Å². The number of fused-ring (bicyclic) bond motifs is 1. The van der Waals surface area contributed by atoms with Gasteiger partial charge in [0, 0.05) is 18.0 Å². The standard InChI is InChI=1S/C12H6ClN5/c1-14-10-7-16-18-6-4-9(17-12(10)18)8-3-2-5-15-11(8)13/h2-7H. The van der Waals surface area contributed by atoms with Gasteiger partial charge in [-0.2, -0.15) is 5.10 Å². The molecule has 0 aliphatic heterocycles. The summed E-state index contributed by atoms with van der Waals surface area (Å²) in [6.45, 7) is 7.05. The van der Waals surface area contributed by atoms with E-state index in [4.69, 9.17) is 18.2 Å². The molecule has 6 heteroatoms. The van der Waals surface area contributed by atoms with Crippen molar-refractivity contribution in [2.75, 3.05) is 0 Å². The lowest BCUT2D eigenvalue weighted by Gasteiger charge is -2.03. The Balaban J connectivity index is 2.25. The van der Waals surface area contributed by atoms with Gasteiger partial charge in [-0.05, 0) is 18.2 Å². The topological polar surface area (TPSA) is 47.4 Å². The van der Waals surface area contributed by atoms with E-state index in [2.05, 4.69) is 19.9 Å². The highest BCUT2D eigenvalue weighted by Crippen LogP contribution is 2.26. The Morgan fingerprint density at radius 3 is 3.00 bits per heavy atom. The molecule has 0 fully saturated rings. The van der Waals surface area contributed by atoms with E-state index in [0.29, 0.717) is 22.2 Å². The van der Waals surface area contributed by atoms with Gasteiger partial charge in [0.05, 0.1) is 18.5 Å². The van der Waals surface area contributed by atoms with Crippen molar-refractivity contribution < 1.29 is 0 Å². The summed E-state index contributed by atoms with van der Waals surface area (Å²) < 4.78 is 1.56. The van der Waals surface area contributed by atoms with E-state index in [1.54, 1.807) is 29.0 Å². The second kappa shape index (κ2) is 4.09. The predicted octanol–water partition coefficient (Wildman–Crippen LogP) is 3.00. The van der Waals surface area contributed by atoms with Crippen molar-refractivity contribution in [1.29, 1.82) is 0 Å². The predicted molar refractivity (Wildman–Crippen MR) is 67.5 cm³/mol. The van der Waals surface area contributed by atoms with Gasteiger partial charge in [-0.25, -0.2) is 19.3 Å². The SMILES string of the molecule is [C-]#[N+]c1cnn2ccc(-c3cccnc3Cl)nc12. The van der Waals surface area contributed by atoms with E-state index in [1.807, 2.05) is 6.07 Å². The van der Waals surface area contributed by atoms with Gasteiger partial charge in [0.15, 0.2) is 5.65 Å². The van der Waals surface area contributed by atoms with Crippen LogP contribution in [-0.4, -0.2) is 19.6 Å². The molecule has 0 aliphatic carbocycles. The average molecular weight is 256 g/mol. The summed E-state index contributed by atoms with van der Waals surface area (Å²) in [6, 6.07) is 5.41. The second-order valence-corrected chi connectivity index (χ2v) is 3.92. The maximum absolute atomic E-state index is 7.05. The maximum atomic E-state index is 7.05. The molecule has 5 nitrogen and oxygen atoms in total. The van der Waals surface area contributed by atoms with Crippen LogP contribution < -0.4 is 0 Å². The van der Waals surface area contributed by atoms with Crippen LogP contribution in [0.4, 0.5) is 5.69 Å². The highest BCUT2D eigenvalue weighted by atomic mass is 35.5. The van der Waals surface area contributed by atoms with E-state index in [0.717, 1.165) is 5.56 Å². The first-order valence-electron chi connectivity index (χ1n) is 5.12. The first-order valence-corrected chi connectivity index (χ1v) is 5.50. The molecule has 0 spiro atoms. The summed E-state index contributed by atoms with van der Waals surface area (Å²) in [4.78, 5) is 11.8. The zero-order valence-corrected chi connectivity index (χ0v) is 9.83. The number of aromatic nitrogens is 4. The molecule has 0 aliphatic rings. The molecule has 86 valence electrons. The van der Waals surface area contributed by atoms with Crippen molar-refractivity contribution in [1.82, 2.24) is 19.6 Å². The number of nitrogens with zero attached hydrogens (tertiary/aromatic N) is 5. The van der Waals surface area contributed by atoms with Crippen LogP contribution in [0.15, 0.2) is 36.8 Å². The Morgan fingerprint density at radius 1 is 1.33 bits per heavy atom. The van der Waals surface area contributed by atoms with Crippen LogP contribution in [0, 0.1) is 6.57 Å². The minimum atomic E-state index is 0.387. The molecular weight excluding hydrogens is 250 g/mol. The lowest BCUT2D eigenvalue weighted by atomic mass is 10.2. The molecule has 18 heavy (non-hydrogen) atoms. The Hall–Kier alpha value is -2.45. The maximum Gasteiger partial charge on any atom is 0.250 e. The summed E-state index contributed by atoms with van der Waals surface area (Å²) in [7, 11) is 0. The molecule has 3 heterocycles. The fraction of sp³-hybridized carbons (Fsp3) is 0. The van der Waals surface area contributed by atoms with Crippen LogP contribution in [0.2, 0.25) is 5.15 Å². The summed E-state index contributed by atoms with van der Waals surface area (Å²) in [6.07, 6.45) is 4.85. The van der Waals surface area contributed by atoms with Crippen molar-refractivity contribution in [3.05, 3.63) is 53.4 Å². The molecule has 0 N–H and O–H groups in total. The summed E-state index contributed by atoms with van der Waals surface area (Å²) >= 11 is 6.02. The molecular formula is C12H6ClN5. The molecule has 0 atom stereocenters. The van der Waals surface area contributed by atoms with E-state index < -0.39 is 0 Å². The van der Waals surface area contributed by atoms with Crippen LogP contribution in [-0.2, 0) is 0 Å². The van der Waals surface area contributed by atoms with Crippen molar-refractivity contribution in [3.63, 3.8) is 0 Å². The van der Waals surface area contributed by atoms with Gasteiger partial charge in [0.2, 0.25) is 5.69 Å². The second-order valence-electron chi connectivity index (χ2n) is 3.56. The van der Waals surface area contributed by atoms with E-state index in [9.17, 15) is 0 Å². The molecule has 0 amide bonds. The normalized spacial score (nSPS) is 10.4. The number of hydrogen-bond acceptors (Lipinski definition) is 3. The number of rotatable bonds is 1. The third-order valence-electron chi connectivity index (χ3n) is 2.51. The highest BCUT2D eigenvalue weighted by molar-refractivity contribution is 6.32. The smallest absolute Gasteiger partial charge is 0.244 e. The van der Waals surface area contributed by atoms with Crippen molar-refractivity contribution in [3.8, 4) is 11.3 Å². The van der Waals surface area contributed by atoms with Crippen LogP contribution in [0.3, 0.4) is 0 Å². The van der Waals surface area contributed by atoms with E-state index in [-0.39, 0.29) is 0 Å². The number of halogens is 1. The summed E-state index contributed by atoms with van der Waals surface area (Å²) in [5.41, 5.74) is 2.34. The molecule has 0 aromatic carbocycles. The van der Waals surface area contributed by atoms with Crippen LogP contribution in [0.25, 0.3) is 21.7 Å². The first-order chi connectivity index (χ1) is 8.79. The Morgan fingerprint density at radius 2 is 2.22 bits per heavy atom. The minimum absolute atomic E-state index is 0.387. The molecule has 0 saturated carbocycles. The Kier molecular flexibility index (Phi) is 2.43. The average Bonchev–Trinajstić information content (AvgIpc) is 2.81. The fourth-order valence-electron chi connectivity index (χ4n) is 1.66. The lowest BCUT2D eigenvalue weighted by molar-refractivity contribution is 0.941. The Bertz CT molecular complexity index is 771. The molecule has 0 unspecified atom stereocenters. The molecule has 3 aromatic rings. The van der Waals surface area contributed by atoms with Crippen molar-refractivity contribution in [2.45, 2.75) is 0 Å². The minimum Gasteiger partial charge on any atom is -0.244 e. The lowest BCUT2D eigenvalue weighted by Crippen LogP contribution is -1.92. The first kappa shape index (κ1) is 10.7. The highest BCUT2D eigenvalue weighted by Gasteiger charge is 2.09. The molecule has 3 rings (SSSR count). The summed E-state index contributed by atoms with van der Waals surface area (Å²) in [5.74, 6) is 0. The largest absolute Gasteiger partial charge is 0.250 e. The van der Waals surface area contributed by atoms with E-state index >= 15 is 0 Å². The fourth-order valence-corrected chi connectivity index (χ4v) is 1.88. The number of hydrogen-bond donors (Lipinski definition) is 0. The van der Waals surface area contributed by atoms with Gasteiger partial charge >= 0.3 is 0 Å². The molecule has 0 radical (unpaired) electrons. The van der Waals surface area contributed by atoms with E-state index in [1.165, 1.54) is 6.20 Å². The molecule has 3 aromatic heterocycles. The van der Waals surface area contributed by atoms with Gasteiger partial charge in [-0.15, -0.1) is 0 Å². The quantitative estimate of drug-likeness (QED) is 0.496. The third kappa shape index (κ3) is 1.60. The van der Waals surface area contributed by atoms with Gasteiger partial charge in [0.25, 0.3) is 0 Å². The number of pyridine rings is 1. The third-order valence-corrected chi connectivity index (χ3v) is 2.81. The zero-order valence-electron chi connectivity index (χ0n) is 9.08. The van der Waals surface area contributed by atoms with Crippen molar-refractivity contribution in [2.24, 2.45) is 0 Å². The van der Waals surface area contributed by atoms with Gasteiger partial charge in [-0.1, -0.05) is 11.6 Å². The van der Waals surface area contributed by atoms with Crippen LogP contribution in [0.1, 0.15) is 0 Å². The zero-order chi connectivity index (χ0) is 12.5. The Labute approximate surface area is 108 Å². The monoisotopic (exact) mass is 255 g/mol. The summed E-state index contributed by atoms with van der Waals surface area (Å²) in [5, 5.41) is 4.43. The molecule has 0 saturated heterocycles. The van der Waals surface area contributed by atoms with Gasteiger partial charge in [0.1, 0.15) is 5.15 Å².